The Morgan fingerprint density at radius 1 is 1.25 bits per heavy atom. The van der Waals surface area contributed by atoms with Gasteiger partial charge >= 0.3 is 0 Å². The minimum absolute atomic E-state index is 0.0625. The molecule has 0 atom stereocenters. The van der Waals surface area contributed by atoms with Crippen molar-refractivity contribution in [3.05, 3.63) is 30.1 Å². The standard InChI is InChI=1S/C13H18N2O/c1-15-9-7-11(8-10-15)13(16)14-12-5-3-2-4-6-12/h7-10,12H,2-6H2,1H3/p+1. The van der Waals surface area contributed by atoms with E-state index in [2.05, 4.69) is 5.32 Å². The van der Waals surface area contributed by atoms with E-state index in [0.717, 1.165) is 18.4 Å². The van der Waals surface area contributed by atoms with Crippen LogP contribution >= 0.6 is 0 Å². The molecule has 1 heterocycles. The Kier molecular flexibility index (Phi) is 3.54. The molecule has 3 nitrogen and oxygen atoms in total. The molecule has 1 amide bonds. The van der Waals surface area contributed by atoms with Crippen LogP contribution in [0.25, 0.3) is 0 Å². The van der Waals surface area contributed by atoms with E-state index in [1.54, 1.807) is 0 Å². The number of pyridine rings is 1. The summed E-state index contributed by atoms with van der Waals surface area (Å²) >= 11 is 0. The number of rotatable bonds is 2. The van der Waals surface area contributed by atoms with E-state index in [9.17, 15) is 4.79 Å². The van der Waals surface area contributed by atoms with Crippen molar-refractivity contribution >= 4 is 5.91 Å². The molecule has 0 aromatic carbocycles. The molecule has 0 saturated heterocycles. The molecule has 1 aliphatic rings. The predicted octanol–water partition coefficient (Wildman–Crippen LogP) is 1.57. The third kappa shape index (κ3) is 2.81. The lowest BCUT2D eigenvalue weighted by atomic mass is 9.95. The summed E-state index contributed by atoms with van der Waals surface area (Å²) in [5, 5.41) is 3.11. The molecule has 1 saturated carbocycles. The van der Waals surface area contributed by atoms with Crippen molar-refractivity contribution in [1.82, 2.24) is 5.32 Å². The van der Waals surface area contributed by atoms with Crippen LogP contribution in [0.5, 0.6) is 0 Å². The van der Waals surface area contributed by atoms with Crippen molar-refractivity contribution in [3.8, 4) is 0 Å². The minimum Gasteiger partial charge on any atom is -0.349 e. The Morgan fingerprint density at radius 3 is 2.50 bits per heavy atom. The van der Waals surface area contributed by atoms with Crippen molar-refractivity contribution in [2.75, 3.05) is 0 Å². The van der Waals surface area contributed by atoms with Gasteiger partial charge in [0.25, 0.3) is 5.91 Å². The maximum Gasteiger partial charge on any atom is 0.251 e. The van der Waals surface area contributed by atoms with Gasteiger partial charge in [-0.05, 0) is 12.8 Å². The fourth-order valence-electron chi connectivity index (χ4n) is 2.17. The molecule has 0 spiro atoms. The highest BCUT2D eigenvalue weighted by Gasteiger charge is 2.16. The maximum absolute atomic E-state index is 11.9. The molecule has 0 radical (unpaired) electrons. The fourth-order valence-corrected chi connectivity index (χ4v) is 2.17. The van der Waals surface area contributed by atoms with Crippen LogP contribution < -0.4 is 9.88 Å². The van der Waals surface area contributed by atoms with Crippen molar-refractivity contribution in [3.63, 3.8) is 0 Å². The van der Waals surface area contributed by atoms with Gasteiger partial charge in [0, 0.05) is 18.2 Å². The third-order valence-electron chi connectivity index (χ3n) is 3.18. The molecule has 16 heavy (non-hydrogen) atoms. The lowest BCUT2D eigenvalue weighted by molar-refractivity contribution is -0.671. The predicted molar refractivity (Wildman–Crippen MR) is 62.0 cm³/mol. The van der Waals surface area contributed by atoms with E-state index in [1.165, 1.54) is 19.3 Å². The van der Waals surface area contributed by atoms with Crippen LogP contribution in [0.15, 0.2) is 24.5 Å². The Hall–Kier alpha value is -1.38. The molecule has 1 fully saturated rings. The lowest BCUT2D eigenvalue weighted by Crippen LogP contribution is -2.36. The van der Waals surface area contributed by atoms with Crippen molar-refractivity contribution in [2.24, 2.45) is 7.05 Å². The molecule has 3 heteroatoms. The number of nitrogens with one attached hydrogen (secondary N) is 1. The first-order valence-corrected chi connectivity index (χ1v) is 6.02. The van der Waals surface area contributed by atoms with Crippen LogP contribution in [0.2, 0.25) is 0 Å². The highest BCUT2D eigenvalue weighted by atomic mass is 16.1. The number of aryl methyl sites for hydroxylation is 1. The van der Waals surface area contributed by atoms with Gasteiger partial charge in [0.1, 0.15) is 7.05 Å². The molecule has 1 aliphatic carbocycles. The second kappa shape index (κ2) is 5.10. The molecular weight excluding hydrogens is 200 g/mol. The Bertz CT molecular complexity index is 353. The Labute approximate surface area is 96.5 Å². The van der Waals surface area contributed by atoms with Gasteiger partial charge in [0.05, 0.1) is 5.56 Å². The first-order chi connectivity index (χ1) is 7.75. The fraction of sp³-hybridized carbons (Fsp3) is 0.538. The Balaban J connectivity index is 1.94. The highest BCUT2D eigenvalue weighted by molar-refractivity contribution is 5.94. The summed E-state index contributed by atoms with van der Waals surface area (Å²) in [5.74, 6) is 0.0625. The van der Waals surface area contributed by atoms with Crippen LogP contribution in [-0.4, -0.2) is 11.9 Å². The van der Waals surface area contributed by atoms with Crippen LogP contribution in [-0.2, 0) is 7.05 Å². The second-order valence-electron chi connectivity index (χ2n) is 4.56. The molecular formula is C13H19N2O+. The molecule has 0 aliphatic heterocycles. The number of hydrogen-bond donors (Lipinski definition) is 1. The highest BCUT2D eigenvalue weighted by Crippen LogP contribution is 2.17. The van der Waals surface area contributed by atoms with Crippen LogP contribution in [0.1, 0.15) is 42.5 Å². The van der Waals surface area contributed by atoms with Crippen LogP contribution in [0, 0.1) is 0 Å². The van der Waals surface area contributed by atoms with Gasteiger partial charge in [-0.15, -0.1) is 0 Å². The molecule has 86 valence electrons. The first kappa shape index (κ1) is 11.1. The number of carbonyl (C=O) groups is 1. The molecule has 0 unspecified atom stereocenters. The van der Waals surface area contributed by atoms with Crippen LogP contribution in [0.4, 0.5) is 0 Å². The van der Waals surface area contributed by atoms with Crippen molar-refractivity contribution in [1.29, 1.82) is 0 Å². The van der Waals surface area contributed by atoms with E-state index >= 15 is 0 Å². The molecule has 1 aromatic rings. The number of aromatic nitrogens is 1. The summed E-state index contributed by atoms with van der Waals surface area (Å²) in [7, 11) is 1.95. The zero-order chi connectivity index (χ0) is 11.4. The number of carbonyl (C=O) groups excluding carboxylic acids is 1. The number of hydrogen-bond acceptors (Lipinski definition) is 1. The number of nitrogens with zero attached hydrogens (tertiary/aromatic N) is 1. The normalized spacial score (nSPS) is 17.1. The zero-order valence-corrected chi connectivity index (χ0v) is 9.78. The van der Waals surface area contributed by atoms with Crippen LogP contribution in [0.3, 0.4) is 0 Å². The molecule has 0 bridgehead atoms. The summed E-state index contributed by atoms with van der Waals surface area (Å²) < 4.78 is 1.93. The van der Waals surface area contributed by atoms with Gasteiger partial charge in [-0.1, -0.05) is 19.3 Å². The third-order valence-corrected chi connectivity index (χ3v) is 3.18. The largest absolute Gasteiger partial charge is 0.349 e. The van der Waals surface area contributed by atoms with Crippen molar-refractivity contribution < 1.29 is 9.36 Å². The summed E-state index contributed by atoms with van der Waals surface area (Å²) in [4.78, 5) is 11.9. The van der Waals surface area contributed by atoms with E-state index < -0.39 is 0 Å². The van der Waals surface area contributed by atoms with Gasteiger partial charge in [-0.3, -0.25) is 4.79 Å². The summed E-state index contributed by atoms with van der Waals surface area (Å²) in [6.45, 7) is 0. The quantitative estimate of drug-likeness (QED) is 0.753. The second-order valence-corrected chi connectivity index (χ2v) is 4.56. The van der Waals surface area contributed by atoms with Gasteiger partial charge < -0.3 is 5.32 Å². The smallest absolute Gasteiger partial charge is 0.251 e. The average molecular weight is 219 g/mol. The maximum atomic E-state index is 11.9. The summed E-state index contributed by atoms with van der Waals surface area (Å²) in [6, 6.07) is 4.10. The number of amides is 1. The van der Waals surface area contributed by atoms with E-state index in [-0.39, 0.29) is 5.91 Å². The van der Waals surface area contributed by atoms with E-state index in [4.69, 9.17) is 0 Å². The average Bonchev–Trinajstić information content (AvgIpc) is 2.31. The summed E-state index contributed by atoms with van der Waals surface area (Å²) in [6.07, 6.45) is 9.86. The topological polar surface area (TPSA) is 33.0 Å². The summed E-state index contributed by atoms with van der Waals surface area (Å²) in [5.41, 5.74) is 0.753. The Morgan fingerprint density at radius 2 is 1.88 bits per heavy atom. The SMILES string of the molecule is C[n+]1ccc(C(=O)NC2CCCCC2)cc1. The van der Waals surface area contributed by atoms with E-state index in [1.807, 2.05) is 36.1 Å². The monoisotopic (exact) mass is 219 g/mol. The van der Waals surface area contributed by atoms with Crippen molar-refractivity contribution in [2.45, 2.75) is 38.1 Å². The van der Waals surface area contributed by atoms with Gasteiger partial charge in [0.2, 0.25) is 0 Å². The molecule has 2 rings (SSSR count). The van der Waals surface area contributed by atoms with Gasteiger partial charge in [-0.25, -0.2) is 4.57 Å². The van der Waals surface area contributed by atoms with Gasteiger partial charge in [-0.2, -0.15) is 0 Å². The first-order valence-electron chi connectivity index (χ1n) is 6.02. The zero-order valence-electron chi connectivity index (χ0n) is 9.78. The van der Waals surface area contributed by atoms with Gasteiger partial charge in [0.15, 0.2) is 12.4 Å². The minimum atomic E-state index is 0.0625. The molecule has 1 N–H and O–H groups in total. The molecule has 1 aromatic heterocycles. The lowest BCUT2D eigenvalue weighted by Gasteiger charge is -2.22. The van der Waals surface area contributed by atoms with E-state index in [0.29, 0.717) is 6.04 Å².